The molecule has 0 nitrogen and oxygen atoms in total. The number of hydrogen-bond donors (Lipinski definition) is 0. The van der Waals surface area contributed by atoms with Crippen LogP contribution in [0.25, 0.3) is 12.2 Å². The van der Waals surface area contributed by atoms with Crippen molar-refractivity contribution in [3.63, 3.8) is 0 Å². The molecule has 2 aliphatic rings. The maximum absolute atomic E-state index is 2.79. The van der Waals surface area contributed by atoms with Crippen LogP contribution in [0.2, 0.25) is 4.63 Å². The van der Waals surface area contributed by atoms with Gasteiger partial charge in [0, 0.05) is 0 Å². The molecule has 4 rings (SSSR count). The van der Waals surface area contributed by atoms with E-state index in [4.69, 9.17) is 0 Å². The van der Waals surface area contributed by atoms with Gasteiger partial charge in [-0.3, -0.25) is 0 Å². The quantitative estimate of drug-likeness (QED) is 0.614. The number of rotatable bonds is 4. The summed E-state index contributed by atoms with van der Waals surface area (Å²) in [5.74, 6) is 0. The predicted octanol–water partition coefficient (Wildman–Crippen LogP) is 0.335. The fraction of sp³-hybridized carbons (Fsp3) is 0.261. The Balaban J connectivity index is 0.00000121. The van der Waals surface area contributed by atoms with Gasteiger partial charge in [-0.15, -0.1) is 0 Å². The van der Waals surface area contributed by atoms with Gasteiger partial charge in [0.2, 0.25) is 0 Å². The van der Waals surface area contributed by atoms with Crippen molar-refractivity contribution in [2.45, 2.75) is 31.6 Å². The average Bonchev–Trinajstić information content (AvgIpc) is 3.24. The third kappa shape index (κ3) is 3.64. The largest absolute Gasteiger partial charge is 1.00 e. The standard InChI is InChI=1S/2C9H7.C4H8.CH3.2ClH.Zr/c2*1-2-5-9-7-3-6-8(9)4-1;1-3-4-2;;;;/h2*1-7H;1H,3-4H2,2H3;1H3;2*1H;/q;;;;;;+2/p-2. The van der Waals surface area contributed by atoms with Crippen molar-refractivity contribution in [1.29, 1.82) is 0 Å². The summed E-state index contributed by atoms with van der Waals surface area (Å²) >= 11 is -2.63. The number of halogens is 2. The van der Waals surface area contributed by atoms with E-state index in [1.54, 1.807) is 11.1 Å². The van der Waals surface area contributed by atoms with Gasteiger partial charge in [0.1, 0.15) is 0 Å². The summed E-state index contributed by atoms with van der Waals surface area (Å²) in [4.78, 5) is 0. The molecule has 2 aromatic rings. The topological polar surface area (TPSA) is 0 Å². The van der Waals surface area contributed by atoms with Crippen molar-refractivity contribution in [2.24, 2.45) is 0 Å². The van der Waals surface area contributed by atoms with E-state index in [0.29, 0.717) is 7.25 Å². The van der Waals surface area contributed by atoms with E-state index in [9.17, 15) is 0 Å². The molecule has 0 bridgehead atoms. The molecule has 0 spiro atoms. The van der Waals surface area contributed by atoms with E-state index in [1.807, 2.05) is 0 Å². The van der Waals surface area contributed by atoms with Gasteiger partial charge in [0.15, 0.2) is 0 Å². The number of fused-ring (bicyclic) bond motifs is 2. The molecule has 3 heteroatoms. The van der Waals surface area contributed by atoms with Crippen LogP contribution in [-0.2, 0) is 19.8 Å². The molecule has 2 atom stereocenters. The molecule has 2 aromatic carbocycles. The van der Waals surface area contributed by atoms with E-state index in [1.165, 1.54) is 24.0 Å². The first-order valence-corrected chi connectivity index (χ1v) is 15.8. The van der Waals surface area contributed by atoms with Gasteiger partial charge in [-0.05, 0) is 0 Å². The summed E-state index contributed by atoms with van der Waals surface area (Å²) < 4.78 is 6.77. The Bertz CT molecular complexity index is 814. The molecule has 2 aliphatic carbocycles. The van der Waals surface area contributed by atoms with Gasteiger partial charge < -0.3 is 24.8 Å². The molecule has 2 unspecified atom stereocenters. The fourth-order valence-electron chi connectivity index (χ4n) is 4.49. The van der Waals surface area contributed by atoms with Crippen LogP contribution in [0.15, 0.2) is 60.7 Å². The molecule has 0 fully saturated rings. The number of benzene rings is 2. The van der Waals surface area contributed by atoms with Gasteiger partial charge in [-0.2, -0.15) is 0 Å². The number of hydrogen-bond acceptors (Lipinski definition) is 0. The third-order valence-corrected chi connectivity index (χ3v) is 17.7. The Morgan fingerprint density at radius 1 is 0.808 bits per heavy atom. The van der Waals surface area contributed by atoms with Crippen LogP contribution in [0.3, 0.4) is 0 Å². The molecular formula is C23H25Cl2Zr. The SMILES string of the molecule is CCC[CH]=[Zr+2]([CH3])([CH]1C=Cc2ccccc21)[CH]1C=Cc2ccccc21.[Cl-].[Cl-]. The van der Waals surface area contributed by atoms with Crippen molar-refractivity contribution < 1.29 is 44.6 Å². The molecule has 26 heavy (non-hydrogen) atoms. The van der Waals surface area contributed by atoms with E-state index in [0.717, 1.165) is 0 Å². The van der Waals surface area contributed by atoms with Crippen LogP contribution < -0.4 is 24.8 Å². The minimum atomic E-state index is -2.63. The van der Waals surface area contributed by atoms with Crippen LogP contribution in [0, 0.1) is 0 Å². The monoisotopic (exact) mass is 461 g/mol. The summed E-state index contributed by atoms with van der Waals surface area (Å²) in [6.07, 6.45) is 12.3. The molecule has 0 saturated heterocycles. The zero-order valence-corrected chi connectivity index (χ0v) is 19.3. The molecule has 0 radical (unpaired) electrons. The number of unbranched alkanes of at least 4 members (excludes halogenated alkanes) is 1. The average molecular weight is 464 g/mol. The first-order valence-electron chi connectivity index (χ1n) is 9.12. The second-order valence-electron chi connectivity index (χ2n) is 7.29. The van der Waals surface area contributed by atoms with Gasteiger partial charge in [-0.25, -0.2) is 0 Å². The van der Waals surface area contributed by atoms with Crippen molar-refractivity contribution in [3.05, 3.63) is 82.9 Å². The summed E-state index contributed by atoms with van der Waals surface area (Å²) in [6, 6.07) is 18.0. The first-order chi connectivity index (χ1) is 11.7. The van der Waals surface area contributed by atoms with E-state index in [-0.39, 0.29) is 24.8 Å². The van der Waals surface area contributed by atoms with Crippen molar-refractivity contribution in [1.82, 2.24) is 0 Å². The van der Waals surface area contributed by atoms with E-state index in [2.05, 4.69) is 88.1 Å². The molecular weight excluding hydrogens is 438 g/mol. The fourth-order valence-corrected chi connectivity index (χ4v) is 16.0. The maximum Gasteiger partial charge on any atom is -1.00 e. The normalized spacial score (nSPS) is 19.9. The molecule has 135 valence electrons. The molecule has 0 saturated carbocycles. The Morgan fingerprint density at radius 3 is 1.73 bits per heavy atom. The van der Waals surface area contributed by atoms with Crippen LogP contribution >= 0.6 is 0 Å². The Morgan fingerprint density at radius 2 is 1.27 bits per heavy atom. The summed E-state index contributed by atoms with van der Waals surface area (Å²) in [5, 5.41) is 0. The molecule has 0 N–H and O–H groups in total. The summed E-state index contributed by atoms with van der Waals surface area (Å²) in [7, 11) is 0. The predicted molar refractivity (Wildman–Crippen MR) is 103 cm³/mol. The van der Waals surface area contributed by atoms with Crippen molar-refractivity contribution in [3.8, 4) is 0 Å². The van der Waals surface area contributed by atoms with Crippen LogP contribution in [0.1, 0.15) is 49.3 Å². The van der Waals surface area contributed by atoms with Crippen LogP contribution in [-0.4, -0.2) is 3.71 Å². The van der Waals surface area contributed by atoms with Crippen molar-refractivity contribution in [2.75, 3.05) is 0 Å². The van der Waals surface area contributed by atoms with Gasteiger partial charge in [0.25, 0.3) is 0 Å². The van der Waals surface area contributed by atoms with Gasteiger partial charge >= 0.3 is 150 Å². The second kappa shape index (κ2) is 8.96. The van der Waals surface area contributed by atoms with Gasteiger partial charge in [-0.1, -0.05) is 0 Å². The smallest absolute Gasteiger partial charge is 1.00 e. The second-order valence-corrected chi connectivity index (χ2v) is 18.1. The van der Waals surface area contributed by atoms with E-state index < -0.39 is 19.8 Å². The van der Waals surface area contributed by atoms with E-state index >= 15 is 0 Å². The maximum atomic E-state index is 2.79. The third-order valence-electron chi connectivity index (χ3n) is 5.81. The molecule has 0 aliphatic heterocycles. The Labute approximate surface area is 174 Å². The van der Waals surface area contributed by atoms with Gasteiger partial charge in [0.05, 0.1) is 0 Å². The zero-order chi connectivity index (χ0) is 16.6. The molecule has 0 aromatic heterocycles. The van der Waals surface area contributed by atoms with Crippen molar-refractivity contribution >= 4 is 15.9 Å². The summed E-state index contributed by atoms with van der Waals surface area (Å²) in [5.41, 5.74) is 6.01. The molecule has 0 amide bonds. The number of allylic oxidation sites excluding steroid dienone is 2. The minimum Gasteiger partial charge on any atom is -1.00 e. The van der Waals surface area contributed by atoms with Crippen LogP contribution in [0.5, 0.6) is 0 Å². The first kappa shape index (κ1) is 21.6. The minimum absolute atomic E-state index is 0. The Kier molecular flexibility index (Phi) is 7.43. The zero-order valence-electron chi connectivity index (χ0n) is 15.3. The van der Waals surface area contributed by atoms with Crippen LogP contribution in [0.4, 0.5) is 0 Å². The summed E-state index contributed by atoms with van der Waals surface area (Å²) in [6.45, 7) is 2.31. The Hall–Kier alpha value is -0.747. The molecule has 0 heterocycles.